The first kappa shape index (κ1) is 31.6. The fraction of sp³-hybridized carbons (Fsp3) is 0.429. The number of alkyl carbamates (subject to hydrolysis) is 1. The Labute approximate surface area is 233 Å². The Hall–Kier alpha value is -3.63. The molecule has 0 fully saturated rings. The molecule has 0 aliphatic rings. The number of rotatable bonds is 11. The van der Waals surface area contributed by atoms with Crippen molar-refractivity contribution in [1.82, 2.24) is 10.2 Å². The topological polar surface area (TPSA) is 151 Å². The summed E-state index contributed by atoms with van der Waals surface area (Å²) in [4.78, 5) is 53.1. The molecule has 2 aromatic carbocycles. The molecule has 11 heteroatoms. The summed E-state index contributed by atoms with van der Waals surface area (Å²) in [6.45, 7) is 7.87. The van der Waals surface area contributed by atoms with Crippen LogP contribution in [0.25, 0.3) is 0 Å². The van der Waals surface area contributed by atoms with Crippen molar-refractivity contribution in [3.8, 4) is 0 Å². The number of aliphatic hydroxyl groups is 1. The zero-order chi connectivity index (χ0) is 29.3. The minimum atomic E-state index is -1.26. The zero-order valence-electron chi connectivity index (χ0n) is 22.9. The van der Waals surface area contributed by atoms with Crippen LogP contribution in [0.4, 0.5) is 10.5 Å². The molecule has 39 heavy (non-hydrogen) atoms. The summed E-state index contributed by atoms with van der Waals surface area (Å²) in [5.74, 6) is -1.95. The molecule has 4 amide bonds. The van der Waals surface area contributed by atoms with Crippen LogP contribution in [0.1, 0.15) is 56.3 Å². The molecule has 0 bridgehead atoms. The van der Waals surface area contributed by atoms with Crippen LogP contribution in [0.5, 0.6) is 0 Å². The van der Waals surface area contributed by atoms with Crippen LogP contribution in [0.3, 0.4) is 0 Å². The highest BCUT2D eigenvalue weighted by molar-refractivity contribution is 6.34. The van der Waals surface area contributed by atoms with E-state index in [0.717, 1.165) is 5.56 Å². The number of amides is 4. The average molecular weight is 561 g/mol. The van der Waals surface area contributed by atoms with Gasteiger partial charge in [-0.2, -0.15) is 0 Å². The summed E-state index contributed by atoms with van der Waals surface area (Å²) >= 11 is 6.35. The molecule has 10 nitrogen and oxygen atoms in total. The first-order valence-electron chi connectivity index (χ1n) is 12.6. The SMILES string of the molecule is Cc1ccccc1C(C(=O)Nc1c(C)cccc1Cl)N(CCO)C(=O)C(CCC(N)=O)NC(=O)OC(C)(C)C. The van der Waals surface area contributed by atoms with Gasteiger partial charge < -0.3 is 31.1 Å². The number of para-hydroxylation sites is 1. The lowest BCUT2D eigenvalue weighted by Gasteiger charge is -2.34. The highest BCUT2D eigenvalue weighted by Crippen LogP contribution is 2.30. The summed E-state index contributed by atoms with van der Waals surface area (Å²) in [6.07, 6.45) is -1.22. The first-order valence-corrected chi connectivity index (χ1v) is 12.9. The largest absolute Gasteiger partial charge is 0.444 e. The van der Waals surface area contributed by atoms with Gasteiger partial charge in [-0.15, -0.1) is 0 Å². The fourth-order valence-corrected chi connectivity index (χ4v) is 4.26. The number of nitrogens with zero attached hydrogens (tertiary/aromatic N) is 1. The van der Waals surface area contributed by atoms with Gasteiger partial charge in [0.05, 0.1) is 17.3 Å². The van der Waals surface area contributed by atoms with Crippen molar-refractivity contribution < 1.29 is 29.0 Å². The summed E-state index contributed by atoms with van der Waals surface area (Å²) in [5, 5.41) is 15.6. The number of carbonyl (C=O) groups is 4. The Balaban J connectivity index is 2.56. The quantitative estimate of drug-likeness (QED) is 0.329. The summed E-state index contributed by atoms with van der Waals surface area (Å²) in [7, 11) is 0. The van der Waals surface area contributed by atoms with Crippen LogP contribution in [0.15, 0.2) is 42.5 Å². The second kappa shape index (κ2) is 14.0. The number of aliphatic hydroxyl groups excluding tert-OH is 1. The van der Waals surface area contributed by atoms with Gasteiger partial charge in [-0.25, -0.2) is 4.79 Å². The van der Waals surface area contributed by atoms with E-state index in [1.807, 2.05) is 0 Å². The van der Waals surface area contributed by atoms with Crippen molar-refractivity contribution in [3.05, 3.63) is 64.2 Å². The van der Waals surface area contributed by atoms with Crippen molar-refractivity contribution in [1.29, 1.82) is 0 Å². The Kier molecular flexibility index (Phi) is 11.3. The molecule has 0 spiro atoms. The van der Waals surface area contributed by atoms with E-state index in [2.05, 4.69) is 10.6 Å². The van der Waals surface area contributed by atoms with E-state index < -0.39 is 48.1 Å². The molecule has 0 heterocycles. The minimum Gasteiger partial charge on any atom is -0.444 e. The molecule has 2 atom stereocenters. The van der Waals surface area contributed by atoms with Crippen LogP contribution in [0, 0.1) is 13.8 Å². The second-order valence-corrected chi connectivity index (χ2v) is 10.5. The maximum Gasteiger partial charge on any atom is 0.408 e. The molecule has 0 radical (unpaired) electrons. The molecule has 0 aliphatic heterocycles. The number of hydrogen-bond donors (Lipinski definition) is 4. The Morgan fingerprint density at radius 3 is 2.26 bits per heavy atom. The molecular weight excluding hydrogens is 524 g/mol. The third-order valence-electron chi connectivity index (χ3n) is 5.81. The third kappa shape index (κ3) is 9.26. The smallest absolute Gasteiger partial charge is 0.408 e. The molecule has 2 aromatic rings. The second-order valence-electron chi connectivity index (χ2n) is 10.1. The summed E-state index contributed by atoms with van der Waals surface area (Å²) in [5.41, 5.74) is 6.80. The number of ether oxygens (including phenoxy) is 1. The summed E-state index contributed by atoms with van der Waals surface area (Å²) < 4.78 is 5.30. The zero-order valence-corrected chi connectivity index (χ0v) is 23.7. The highest BCUT2D eigenvalue weighted by atomic mass is 35.5. The standard InChI is InChI=1S/C28H37ClN4O6/c1-17-9-6-7-11-19(17)24(25(36)32-23-18(2)10-8-12-20(23)29)33(15-16-34)26(37)21(13-14-22(30)35)31-27(38)39-28(3,4)5/h6-12,21,24,34H,13-16H2,1-5H3,(H2,30,35)(H,31,38)(H,32,36). The predicted molar refractivity (Wildman–Crippen MR) is 149 cm³/mol. The number of halogens is 1. The van der Waals surface area contributed by atoms with Crippen molar-refractivity contribution in [3.63, 3.8) is 0 Å². The number of nitrogens with one attached hydrogen (secondary N) is 2. The van der Waals surface area contributed by atoms with Gasteiger partial charge in [0.1, 0.15) is 17.7 Å². The maximum atomic E-state index is 14.0. The predicted octanol–water partition coefficient (Wildman–Crippen LogP) is 3.62. The molecule has 0 saturated carbocycles. The number of primary amides is 1. The van der Waals surface area contributed by atoms with E-state index in [9.17, 15) is 24.3 Å². The van der Waals surface area contributed by atoms with Gasteiger partial charge in [-0.1, -0.05) is 48.0 Å². The monoisotopic (exact) mass is 560 g/mol. The first-order chi connectivity index (χ1) is 18.2. The minimum absolute atomic E-state index is 0.138. The highest BCUT2D eigenvalue weighted by Gasteiger charge is 2.37. The van der Waals surface area contributed by atoms with Gasteiger partial charge in [-0.3, -0.25) is 14.4 Å². The summed E-state index contributed by atoms with van der Waals surface area (Å²) in [6, 6.07) is 9.72. The molecular formula is C28H37ClN4O6. The van der Waals surface area contributed by atoms with Crippen LogP contribution < -0.4 is 16.4 Å². The number of nitrogens with two attached hydrogens (primary N) is 1. The van der Waals surface area contributed by atoms with Crippen molar-refractivity contribution in [2.24, 2.45) is 5.73 Å². The molecule has 0 saturated heterocycles. The molecule has 5 N–H and O–H groups in total. The Morgan fingerprint density at radius 1 is 1.05 bits per heavy atom. The number of carbonyl (C=O) groups excluding carboxylic acids is 4. The van der Waals surface area contributed by atoms with Crippen molar-refractivity contribution >= 4 is 41.1 Å². The van der Waals surface area contributed by atoms with Crippen LogP contribution >= 0.6 is 11.6 Å². The molecule has 2 rings (SSSR count). The average Bonchev–Trinajstić information content (AvgIpc) is 2.83. The number of aryl methyl sites for hydroxylation is 2. The number of benzene rings is 2. The van der Waals surface area contributed by atoms with Gasteiger partial charge in [0.25, 0.3) is 5.91 Å². The van der Waals surface area contributed by atoms with Crippen LogP contribution in [0.2, 0.25) is 5.02 Å². The van der Waals surface area contributed by atoms with E-state index in [0.29, 0.717) is 21.8 Å². The van der Waals surface area contributed by atoms with Crippen molar-refractivity contribution in [2.45, 2.75) is 65.1 Å². The van der Waals surface area contributed by atoms with Crippen LogP contribution in [-0.4, -0.2) is 58.6 Å². The molecule has 0 aliphatic carbocycles. The lowest BCUT2D eigenvalue weighted by Crippen LogP contribution is -2.53. The molecule has 212 valence electrons. The van der Waals surface area contributed by atoms with E-state index in [1.165, 1.54) is 4.90 Å². The maximum absolute atomic E-state index is 14.0. The Morgan fingerprint density at radius 2 is 1.69 bits per heavy atom. The number of hydrogen-bond acceptors (Lipinski definition) is 6. The van der Waals surface area contributed by atoms with Gasteiger partial charge >= 0.3 is 6.09 Å². The van der Waals surface area contributed by atoms with E-state index >= 15 is 0 Å². The van der Waals surface area contributed by atoms with Crippen molar-refractivity contribution in [2.75, 3.05) is 18.5 Å². The van der Waals surface area contributed by atoms with Gasteiger partial charge in [0.15, 0.2) is 0 Å². The van der Waals surface area contributed by atoms with E-state index in [-0.39, 0.29) is 19.4 Å². The lowest BCUT2D eigenvalue weighted by atomic mass is 9.97. The number of anilines is 1. The lowest BCUT2D eigenvalue weighted by molar-refractivity contribution is -0.141. The molecule has 2 unspecified atom stereocenters. The van der Waals surface area contributed by atoms with Gasteiger partial charge in [0, 0.05) is 13.0 Å². The normalized spacial score (nSPS) is 12.7. The van der Waals surface area contributed by atoms with Gasteiger partial charge in [0.2, 0.25) is 11.8 Å². The third-order valence-corrected chi connectivity index (χ3v) is 6.12. The molecule has 0 aromatic heterocycles. The van der Waals surface area contributed by atoms with Gasteiger partial charge in [-0.05, 0) is 63.8 Å². The van der Waals surface area contributed by atoms with E-state index in [4.69, 9.17) is 22.1 Å². The fourth-order valence-electron chi connectivity index (χ4n) is 3.99. The Bertz CT molecular complexity index is 1180. The van der Waals surface area contributed by atoms with Crippen LogP contribution in [-0.2, 0) is 19.1 Å². The van der Waals surface area contributed by atoms with E-state index in [1.54, 1.807) is 77.1 Å².